The number of hydrogen-bond donors (Lipinski definition) is 1. The summed E-state index contributed by atoms with van der Waals surface area (Å²) in [6, 6.07) is 11.2. The van der Waals surface area contributed by atoms with Crippen LogP contribution in [0.5, 0.6) is 0 Å². The van der Waals surface area contributed by atoms with Gasteiger partial charge in [0.1, 0.15) is 0 Å². The molecule has 1 N–H and O–H groups in total. The fourth-order valence-electron chi connectivity index (χ4n) is 3.83. The maximum Gasteiger partial charge on any atom is 0.317 e. The molecule has 4 heteroatoms. The van der Waals surface area contributed by atoms with Gasteiger partial charge in [-0.1, -0.05) is 30.3 Å². The first kappa shape index (κ1) is 15.3. The van der Waals surface area contributed by atoms with Crippen molar-refractivity contribution in [3.63, 3.8) is 0 Å². The minimum absolute atomic E-state index is 0.0429. The molecule has 0 aromatic heterocycles. The molecule has 0 atom stereocenters. The number of benzene rings is 1. The van der Waals surface area contributed by atoms with E-state index in [9.17, 15) is 4.79 Å². The summed E-state index contributed by atoms with van der Waals surface area (Å²) in [5.41, 5.74) is 1.90. The third kappa shape index (κ3) is 3.43. The Morgan fingerprint density at radius 2 is 1.86 bits per heavy atom. The molecule has 4 nitrogen and oxygen atoms in total. The molecule has 1 aliphatic heterocycles. The van der Waals surface area contributed by atoms with Crippen LogP contribution in [0.4, 0.5) is 4.79 Å². The van der Waals surface area contributed by atoms with E-state index >= 15 is 0 Å². The van der Waals surface area contributed by atoms with Gasteiger partial charge in [0.2, 0.25) is 0 Å². The van der Waals surface area contributed by atoms with Crippen molar-refractivity contribution >= 4 is 6.03 Å². The average Bonchev–Trinajstić information content (AvgIpc) is 2.48. The predicted octanol–water partition coefficient (Wildman–Crippen LogP) is 2.70. The molecule has 1 saturated carbocycles. The lowest BCUT2D eigenvalue weighted by molar-refractivity contribution is 0.00636. The lowest BCUT2D eigenvalue weighted by Gasteiger charge is -2.52. The number of nitrogens with zero attached hydrogens (tertiary/aromatic N) is 2. The van der Waals surface area contributed by atoms with E-state index in [0.717, 1.165) is 19.4 Å². The van der Waals surface area contributed by atoms with E-state index in [0.29, 0.717) is 11.5 Å². The van der Waals surface area contributed by atoms with Crippen LogP contribution in [0, 0.1) is 5.41 Å². The average molecular weight is 301 g/mol. The van der Waals surface area contributed by atoms with Crippen molar-refractivity contribution in [2.24, 2.45) is 5.41 Å². The first-order valence-corrected chi connectivity index (χ1v) is 8.30. The quantitative estimate of drug-likeness (QED) is 0.932. The van der Waals surface area contributed by atoms with Crippen LogP contribution in [0.25, 0.3) is 0 Å². The molecule has 2 fully saturated rings. The van der Waals surface area contributed by atoms with Crippen LogP contribution in [-0.4, -0.2) is 49.1 Å². The summed E-state index contributed by atoms with van der Waals surface area (Å²) in [7, 11) is 3.59. The van der Waals surface area contributed by atoms with Crippen molar-refractivity contribution in [1.29, 1.82) is 0 Å². The van der Waals surface area contributed by atoms with Gasteiger partial charge in [0.05, 0.1) is 0 Å². The fourth-order valence-corrected chi connectivity index (χ4v) is 3.83. The van der Waals surface area contributed by atoms with Gasteiger partial charge in [0, 0.05) is 26.7 Å². The van der Waals surface area contributed by atoms with E-state index in [1.807, 2.05) is 0 Å². The number of urea groups is 1. The van der Waals surface area contributed by atoms with Gasteiger partial charge in [0.15, 0.2) is 0 Å². The molecule has 2 aliphatic rings. The highest BCUT2D eigenvalue weighted by molar-refractivity contribution is 5.74. The minimum atomic E-state index is 0.0429. The second-order valence-corrected chi connectivity index (χ2v) is 7.21. The second-order valence-electron chi connectivity index (χ2n) is 7.21. The molecule has 0 bridgehead atoms. The third-order valence-corrected chi connectivity index (χ3v) is 5.26. The number of likely N-dealkylation sites (tertiary alicyclic amines) is 1. The van der Waals surface area contributed by atoms with Gasteiger partial charge in [-0.15, -0.1) is 0 Å². The van der Waals surface area contributed by atoms with Crippen LogP contribution in [0.3, 0.4) is 0 Å². The van der Waals surface area contributed by atoms with E-state index < -0.39 is 0 Å². The van der Waals surface area contributed by atoms with Crippen molar-refractivity contribution in [3.8, 4) is 0 Å². The molecule has 2 amide bonds. The van der Waals surface area contributed by atoms with Gasteiger partial charge < -0.3 is 10.2 Å². The zero-order chi connectivity index (χ0) is 15.6. The van der Waals surface area contributed by atoms with Gasteiger partial charge in [-0.3, -0.25) is 4.90 Å². The second kappa shape index (κ2) is 6.29. The van der Waals surface area contributed by atoms with Crippen molar-refractivity contribution in [2.45, 2.75) is 38.3 Å². The normalized spacial score (nSPS) is 21.4. The molecule has 22 heavy (non-hydrogen) atoms. The molecule has 1 saturated heterocycles. The maximum absolute atomic E-state index is 11.7. The Morgan fingerprint density at radius 1 is 1.23 bits per heavy atom. The molecular weight excluding hydrogens is 274 g/mol. The Morgan fingerprint density at radius 3 is 2.45 bits per heavy atom. The maximum atomic E-state index is 11.7. The van der Waals surface area contributed by atoms with Crippen LogP contribution < -0.4 is 5.32 Å². The van der Waals surface area contributed by atoms with Gasteiger partial charge >= 0.3 is 6.03 Å². The monoisotopic (exact) mass is 301 g/mol. The van der Waals surface area contributed by atoms with Crippen molar-refractivity contribution in [3.05, 3.63) is 35.9 Å². The smallest absolute Gasteiger partial charge is 0.317 e. The molecule has 3 rings (SSSR count). The standard InChI is InChI=1S/C18H27N3O/c1-20(2)17(22)19-16-12-18(13-16)8-10-21(11-9-18)14-15-6-4-3-5-7-15/h3-7,16H,8-14H2,1-2H3,(H,19,22). The van der Waals surface area contributed by atoms with E-state index in [1.165, 1.54) is 31.5 Å². The first-order chi connectivity index (χ1) is 10.6. The van der Waals surface area contributed by atoms with Gasteiger partial charge in [0.25, 0.3) is 0 Å². The minimum Gasteiger partial charge on any atom is -0.335 e. The van der Waals surface area contributed by atoms with Gasteiger partial charge in [-0.2, -0.15) is 0 Å². The predicted molar refractivity (Wildman–Crippen MR) is 88.6 cm³/mol. The van der Waals surface area contributed by atoms with Crippen LogP contribution in [0.1, 0.15) is 31.2 Å². The molecule has 120 valence electrons. The SMILES string of the molecule is CN(C)C(=O)NC1CC2(CCN(Cc3ccccc3)CC2)C1. The zero-order valence-electron chi connectivity index (χ0n) is 13.7. The number of nitrogens with one attached hydrogen (secondary N) is 1. The summed E-state index contributed by atoms with van der Waals surface area (Å²) < 4.78 is 0. The highest BCUT2D eigenvalue weighted by Crippen LogP contribution is 2.49. The van der Waals surface area contributed by atoms with Crippen LogP contribution in [0.15, 0.2) is 30.3 Å². The Labute approximate surface area is 133 Å². The Hall–Kier alpha value is -1.55. The fraction of sp³-hybridized carbons (Fsp3) is 0.611. The molecule has 0 unspecified atom stereocenters. The van der Waals surface area contributed by atoms with Crippen molar-refractivity contribution < 1.29 is 4.79 Å². The van der Waals surface area contributed by atoms with Gasteiger partial charge in [-0.25, -0.2) is 4.79 Å². The number of rotatable bonds is 3. The summed E-state index contributed by atoms with van der Waals surface area (Å²) >= 11 is 0. The zero-order valence-corrected chi connectivity index (χ0v) is 13.7. The number of carbonyl (C=O) groups excluding carboxylic acids is 1. The Bertz CT molecular complexity index is 498. The van der Waals surface area contributed by atoms with Crippen molar-refractivity contribution in [2.75, 3.05) is 27.2 Å². The number of amides is 2. The molecule has 1 aromatic rings. The summed E-state index contributed by atoms with van der Waals surface area (Å²) in [5, 5.41) is 3.11. The summed E-state index contributed by atoms with van der Waals surface area (Å²) in [4.78, 5) is 15.9. The lowest BCUT2D eigenvalue weighted by atomic mass is 9.60. The third-order valence-electron chi connectivity index (χ3n) is 5.26. The Kier molecular flexibility index (Phi) is 4.39. The van der Waals surface area contributed by atoms with E-state index in [-0.39, 0.29) is 6.03 Å². The molecule has 1 aromatic carbocycles. The Balaban J connectivity index is 1.42. The number of piperidine rings is 1. The highest BCUT2D eigenvalue weighted by atomic mass is 16.2. The van der Waals surface area contributed by atoms with Gasteiger partial charge in [-0.05, 0) is 49.8 Å². The van der Waals surface area contributed by atoms with Crippen LogP contribution in [0.2, 0.25) is 0 Å². The van der Waals surface area contributed by atoms with Crippen molar-refractivity contribution in [1.82, 2.24) is 15.1 Å². The summed E-state index contributed by atoms with van der Waals surface area (Å²) in [6.07, 6.45) is 4.86. The van der Waals surface area contributed by atoms with Crippen LogP contribution in [-0.2, 0) is 6.54 Å². The summed E-state index contributed by atoms with van der Waals surface area (Å²) in [6.45, 7) is 3.43. The largest absolute Gasteiger partial charge is 0.335 e. The lowest BCUT2D eigenvalue weighted by Crippen LogP contribution is -2.56. The van der Waals surface area contributed by atoms with E-state index in [2.05, 4.69) is 40.5 Å². The topological polar surface area (TPSA) is 35.6 Å². The molecule has 0 radical (unpaired) electrons. The summed E-state index contributed by atoms with van der Waals surface area (Å²) in [5.74, 6) is 0. The molecule has 1 heterocycles. The van der Waals surface area contributed by atoms with E-state index in [4.69, 9.17) is 0 Å². The first-order valence-electron chi connectivity index (χ1n) is 8.30. The highest BCUT2D eigenvalue weighted by Gasteiger charge is 2.46. The molecular formula is C18H27N3O. The molecule has 1 aliphatic carbocycles. The number of carbonyl (C=O) groups is 1. The number of hydrogen-bond acceptors (Lipinski definition) is 2. The van der Waals surface area contributed by atoms with Crippen LogP contribution >= 0.6 is 0 Å². The van der Waals surface area contributed by atoms with E-state index in [1.54, 1.807) is 19.0 Å². The molecule has 1 spiro atoms.